The average Bonchev–Trinajstić information content (AvgIpc) is 2.83. The maximum atomic E-state index is 10.7. The van der Waals surface area contributed by atoms with Gasteiger partial charge in [0, 0.05) is 6.54 Å². The van der Waals surface area contributed by atoms with Crippen LogP contribution in [0.1, 0.15) is 0 Å². The molecule has 3 aliphatic heterocycles. The Morgan fingerprint density at radius 2 is 1.00 bits per heavy atom. The number of aliphatic hydroxyl groups is 10. The number of aliphatic hydroxyl groups excluding tert-OH is 10. The van der Waals surface area contributed by atoms with Gasteiger partial charge in [-0.3, -0.25) is 0 Å². The van der Waals surface area contributed by atoms with Crippen LogP contribution in [0.15, 0.2) is 0 Å². The summed E-state index contributed by atoms with van der Waals surface area (Å²) in [6.07, 6.45) is -24.2. The number of nitrogens with two attached hydrogens (primary N) is 1. The Hall–Kier alpha value is -0.640. The lowest BCUT2D eigenvalue weighted by atomic mass is 9.96. The van der Waals surface area contributed by atoms with Crippen molar-refractivity contribution in [2.24, 2.45) is 5.73 Å². The predicted molar refractivity (Wildman–Crippen MR) is 103 cm³/mol. The Bertz CT molecular complexity index is 640. The van der Waals surface area contributed by atoms with Gasteiger partial charge in [-0.15, -0.1) is 0 Å². The molecule has 3 saturated heterocycles. The van der Waals surface area contributed by atoms with Gasteiger partial charge in [0.05, 0.1) is 13.2 Å². The van der Waals surface area contributed by atoms with E-state index in [1.54, 1.807) is 0 Å². The molecule has 200 valence electrons. The van der Waals surface area contributed by atoms with Gasteiger partial charge < -0.3 is 80.5 Å². The van der Waals surface area contributed by atoms with Crippen LogP contribution in [-0.4, -0.2) is 163 Å². The van der Waals surface area contributed by atoms with Gasteiger partial charge in [0.15, 0.2) is 18.9 Å². The van der Waals surface area contributed by atoms with Crippen molar-refractivity contribution >= 4 is 0 Å². The highest BCUT2D eigenvalue weighted by molar-refractivity contribution is 4.96. The molecule has 0 aromatic heterocycles. The summed E-state index contributed by atoms with van der Waals surface area (Å²) in [6.45, 7) is -1.77. The highest BCUT2D eigenvalue weighted by atomic mass is 16.7. The van der Waals surface area contributed by atoms with Gasteiger partial charge in [0.25, 0.3) is 0 Å². The van der Waals surface area contributed by atoms with Crippen LogP contribution in [0, 0.1) is 0 Å². The molecule has 0 amide bonds. The van der Waals surface area contributed by atoms with E-state index in [9.17, 15) is 51.1 Å². The third kappa shape index (κ3) is 5.37. The van der Waals surface area contributed by atoms with Gasteiger partial charge in [-0.05, 0) is 0 Å². The van der Waals surface area contributed by atoms with Crippen molar-refractivity contribution in [2.45, 2.75) is 92.1 Å². The van der Waals surface area contributed by atoms with Gasteiger partial charge in [0.1, 0.15) is 73.2 Å². The fourth-order valence-corrected chi connectivity index (χ4v) is 4.10. The fourth-order valence-electron chi connectivity index (χ4n) is 4.10. The van der Waals surface area contributed by atoms with Crippen LogP contribution in [0.4, 0.5) is 0 Å². The molecule has 3 heterocycles. The Morgan fingerprint density at radius 1 is 0.529 bits per heavy atom. The molecule has 16 heteroatoms. The minimum Gasteiger partial charge on any atom is -0.394 e. The minimum atomic E-state index is -1.85. The molecule has 34 heavy (non-hydrogen) atoms. The molecular formula is C18H33NO15. The first-order valence-electron chi connectivity index (χ1n) is 10.7. The van der Waals surface area contributed by atoms with Gasteiger partial charge >= 0.3 is 0 Å². The minimum absolute atomic E-state index is 0.319. The van der Waals surface area contributed by atoms with Crippen LogP contribution in [0.25, 0.3) is 0 Å². The van der Waals surface area contributed by atoms with E-state index in [1.807, 2.05) is 0 Å². The monoisotopic (exact) mass is 503 g/mol. The lowest BCUT2D eigenvalue weighted by Gasteiger charge is -2.48. The zero-order valence-electron chi connectivity index (χ0n) is 17.9. The molecule has 15 atom stereocenters. The molecule has 0 aliphatic carbocycles. The van der Waals surface area contributed by atoms with Gasteiger partial charge in [-0.25, -0.2) is 0 Å². The molecular weight excluding hydrogens is 470 g/mol. The van der Waals surface area contributed by atoms with Crippen molar-refractivity contribution in [3.63, 3.8) is 0 Å². The molecule has 0 aromatic rings. The molecule has 1 unspecified atom stereocenters. The highest BCUT2D eigenvalue weighted by Gasteiger charge is 2.53. The maximum Gasteiger partial charge on any atom is 0.187 e. The van der Waals surface area contributed by atoms with E-state index in [1.165, 1.54) is 0 Å². The summed E-state index contributed by atoms with van der Waals surface area (Å²) in [5.41, 5.74) is 5.69. The first-order valence-corrected chi connectivity index (χ1v) is 10.7. The van der Waals surface area contributed by atoms with Crippen LogP contribution < -0.4 is 5.73 Å². The smallest absolute Gasteiger partial charge is 0.187 e. The van der Waals surface area contributed by atoms with Crippen molar-refractivity contribution in [3.05, 3.63) is 0 Å². The Balaban J connectivity index is 1.72. The number of hydrogen-bond acceptors (Lipinski definition) is 16. The zero-order chi connectivity index (χ0) is 25.3. The van der Waals surface area contributed by atoms with Crippen LogP contribution in [0.5, 0.6) is 0 Å². The summed E-state index contributed by atoms with van der Waals surface area (Å²) in [7, 11) is 0. The standard InChI is InChI=1S/C18H33NO15/c19-1-4-14(33-17-12(27)8(23)7(22)5(2-20)32-17)10(25)13(28)18(31-4)34-15-6(3-21)30-16(29)11(26)9(15)24/h4-18,20-29H,1-3,19H2/t4-,5-,6-,7-,8+,9-,10-,11-,12-,13-,14-,15-,16?,17-,18-/m1/s1. The van der Waals surface area contributed by atoms with Gasteiger partial charge in [0.2, 0.25) is 0 Å². The van der Waals surface area contributed by atoms with Gasteiger partial charge in [-0.2, -0.15) is 0 Å². The largest absolute Gasteiger partial charge is 0.394 e. The van der Waals surface area contributed by atoms with E-state index < -0.39 is 105 Å². The summed E-state index contributed by atoms with van der Waals surface area (Å²) in [6, 6.07) is 0. The number of hydrogen-bond donors (Lipinski definition) is 11. The van der Waals surface area contributed by atoms with E-state index in [-0.39, 0.29) is 6.54 Å². The van der Waals surface area contributed by atoms with E-state index in [0.717, 1.165) is 0 Å². The zero-order valence-corrected chi connectivity index (χ0v) is 17.9. The van der Waals surface area contributed by atoms with E-state index in [2.05, 4.69) is 0 Å². The van der Waals surface area contributed by atoms with Crippen LogP contribution in [-0.2, 0) is 23.7 Å². The number of ether oxygens (including phenoxy) is 5. The normalized spacial score (nSPS) is 52.5. The topological polar surface area (TPSA) is 274 Å². The first kappa shape index (κ1) is 27.9. The summed E-state index contributed by atoms with van der Waals surface area (Å²) in [5, 5.41) is 99.6. The molecule has 3 aliphatic rings. The second kappa shape index (κ2) is 11.6. The Labute approximate surface area is 193 Å². The van der Waals surface area contributed by atoms with Crippen molar-refractivity contribution < 1.29 is 74.7 Å². The lowest BCUT2D eigenvalue weighted by Crippen LogP contribution is -2.66. The highest BCUT2D eigenvalue weighted by Crippen LogP contribution is 2.31. The summed E-state index contributed by atoms with van der Waals surface area (Å²) in [4.78, 5) is 0. The Kier molecular flexibility index (Phi) is 9.54. The van der Waals surface area contributed by atoms with Crippen molar-refractivity contribution in [2.75, 3.05) is 19.8 Å². The lowest BCUT2D eigenvalue weighted by molar-refractivity contribution is -0.374. The Morgan fingerprint density at radius 3 is 1.53 bits per heavy atom. The molecule has 16 nitrogen and oxygen atoms in total. The second-order valence-electron chi connectivity index (χ2n) is 8.39. The average molecular weight is 503 g/mol. The number of rotatable bonds is 7. The third-order valence-electron chi connectivity index (χ3n) is 6.14. The van der Waals surface area contributed by atoms with Gasteiger partial charge in [-0.1, -0.05) is 0 Å². The summed E-state index contributed by atoms with van der Waals surface area (Å²) >= 11 is 0. The van der Waals surface area contributed by atoms with Crippen LogP contribution >= 0.6 is 0 Å². The molecule has 0 radical (unpaired) electrons. The van der Waals surface area contributed by atoms with Crippen molar-refractivity contribution in [1.29, 1.82) is 0 Å². The third-order valence-corrected chi connectivity index (χ3v) is 6.14. The first-order chi connectivity index (χ1) is 16.0. The van der Waals surface area contributed by atoms with Crippen LogP contribution in [0.2, 0.25) is 0 Å². The second-order valence-corrected chi connectivity index (χ2v) is 8.39. The molecule has 12 N–H and O–H groups in total. The molecule has 0 spiro atoms. The molecule has 0 saturated carbocycles. The van der Waals surface area contributed by atoms with Crippen LogP contribution in [0.3, 0.4) is 0 Å². The molecule has 3 fully saturated rings. The van der Waals surface area contributed by atoms with Crippen molar-refractivity contribution in [3.8, 4) is 0 Å². The summed E-state index contributed by atoms with van der Waals surface area (Å²) < 4.78 is 26.7. The predicted octanol–water partition coefficient (Wildman–Crippen LogP) is -7.61. The fraction of sp³-hybridized carbons (Fsp3) is 1.00. The maximum absolute atomic E-state index is 10.7. The van der Waals surface area contributed by atoms with E-state index in [4.69, 9.17) is 29.4 Å². The SMILES string of the molecule is NC[C@H]1O[C@H](O[C@H]2[C@H](O)[C@@H](O)C(O)O[C@@H]2CO)[C@H](O)[C@@H](O)[C@@H]1O[C@H]1O[C@H](CO)[C@@H](O)[C@H](O)[C@H]1O. The van der Waals surface area contributed by atoms with E-state index in [0.29, 0.717) is 0 Å². The molecule has 0 aromatic carbocycles. The summed E-state index contributed by atoms with van der Waals surface area (Å²) in [5.74, 6) is 0. The van der Waals surface area contributed by atoms with E-state index >= 15 is 0 Å². The molecule has 0 bridgehead atoms. The quantitative estimate of drug-likeness (QED) is 0.154. The van der Waals surface area contributed by atoms with Crippen molar-refractivity contribution in [1.82, 2.24) is 0 Å². The molecule has 3 rings (SSSR count).